The van der Waals surface area contributed by atoms with Gasteiger partial charge < -0.3 is 0 Å². The van der Waals surface area contributed by atoms with E-state index in [0.717, 1.165) is 5.92 Å². The maximum absolute atomic E-state index is 2.31. The summed E-state index contributed by atoms with van der Waals surface area (Å²) in [5.41, 5.74) is 1.48. The van der Waals surface area contributed by atoms with Gasteiger partial charge in [-0.2, -0.15) is 0 Å². The molecular weight excluding hydrogens is 144 g/mol. The molecule has 12 heavy (non-hydrogen) atoms. The summed E-state index contributed by atoms with van der Waals surface area (Å²) in [7, 11) is 0. The summed E-state index contributed by atoms with van der Waals surface area (Å²) in [5.74, 6) is 0.728. The molecule has 0 bridgehead atoms. The van der Waals surface area contributed by atoms with E-state index in [0.29, 0.717) is 0 Å². The Morgan fingerprint density at radius 2 is 1.83 bits per heavy atom. The quantitative estimate of drug-likeness (QED) is 0.628. The van der Waals surface area contributed by atoms with Crippen LogP contribution in [0.1, 0.15) is 44.6 Å². The lowest BCUT2D eigenvalue weighted by Gasteiger charge is -2.10. The number of hydrogen-bond acceptors (Lipinski definition) is 0. The average Bonchev–Trinajstić information content (AvgIpc) is 2.15. The normalized spacial score (nSPS) is 12.8. The molecule has 0 N–H and O–H groups in total. The lowest BCUT2D eigenvalue weighted by Crippen LogP contribution is -1.92. The first kappa shape index (κ1) is 9.31. The van der Waals surface area contributed by atoms with Crippen LogP contribution in [0.2, 0.25) is 0 Å². The predicted molar refractivity (Wildman–Crippen MR) is 54.4 cm³/mol. The number of hydrogen-bond donors (Lipinski definition) is 0. The SMILES string of the molecule is CCCC[C@@H](C)c1ccccc1. The molecule has 0 nitrogen and oxygen atoms in total. The summed E-state index contributed by atoms with van der Waals surface area (Å²) in [6, 6.07) is 10.8. The van der Waals surface area contributed by atoms with Crippen LogP contribution in [-0.4, -0.2) is 0 Å². The fraction of sp³-hybridized carbons (Fsp3) is 0.500. The number of benzene rings is 1. The van der Waals surface area contributed by atoms with Gasteiger partial charge in [0.1, 0.15) is 0 Å². The fourth-order valence-corrected chi connectivity index (χ4v) is 1.46. The molecule has 0 aliphatic heterocycles. The summed E-state index contributed by atoms with van der Waals surface area (Å²) in [4.78, 5) is 0. The Balaban J connectivity index is 2.48. The molecule has 0 fully saturated rings. The summed E-state index contributed by atoms with van der Waals surface area (Å²) in [5, 5.41) is 0. The third kappa shape index (κ3) is 2.69. The number of unbranched alkanes of at least 4 members (excludes halogenated alkanes) is 1. The Morgan fingerprint density at radius 1 is 1.17 bits per heavy atom. The van der Waals surface area contributed by atoms with Crippen LogP contribution in [0.5, 0.6) is 0 Å². The van der Waals surface area contributed by atoms with E-state index in [2.05, 4.69) is 44.2 Å². The third-order valence-electron chi connectivity index (χ3n) is 2.36. The van der Waals surface area contributed by atoms with E-state index in [1.54, 1.807) is 0 Å². The molecule has 1 rings (SSSR count). The van der Waals surface area contributed by atoms with Crippen molar-refractivity contribution < 1.29 is 0 Å². The van der Waals surface area contributed by atoms with Gasteiger partial charge >= 0.3 is 0 Å². The minimum Gasteiger partial charge on any atom is -0.0654 e. The van der Waals surface area contributed by atoms with Gasteiger partial charge in [0.2, 0.25) is 0 Å². The molecule has 0 spiro atoms. The van der Waals surface area contributed by atoms with Gasteiger partial charge in [0.25, 0.3) is 0 Å². The van der Waals surface area contributed by atoms with E-state index in [1.807, 2.05) is 0 Å². The van der Waals surface area contributed by atoms with Crippen molar-refractivity contribution >= 4 is 0 Å². The lowest BCUT2D eigenvalue weighted by atomic mass is 9.96. The van der Waals surface area contributed by atoms with Crippen LogP contribution in [0.15, 0.2) is 30.3 Å². The number of rotatable bonds is 4. The van der Waals surface area contributed by atoms with Gasteiger partial charge in [-0.3, -0.25) is 0 Å². The molecule has 0 saturated carbocycles. The Morgan fingerprint density at radius 3 is 2.42 bits per heavy atom. The zero-order valence-corrected chi connectivity index (χ0v) is 8.09. The van der Waals surface area contributed by atoms with Crippen LogP contribution in [0.3, 0.4) is 0 Å². The summed E-state index contributed by atoms with van der Waals surface area (Å²) >= 11 is 0. The zero-order chi connectivity index (χ0) is 8.81. The highest BCUT2D eigenvalue weighted by Crippen LogP contribution is 2.20. The van der Waals surface area contributed by atoms with Crippen molar-refractivity contribution in [1.29, 1.82) is 0 Å². The van der Waals surface area contributed by atoms with Crippen molar-refractivity contribution in [2.24, 2.45) is 0 Å². The minimum atomic E-state index is 0.728. The molecule has 0 saturated heterocycles. The Bertz CT molecular complexity index is 201. The summed E-state index contributed by atoms with van der Waals surface area (Å²) < 4.78 is 0. The molecule has 0 heterocycles. The molecular formula is C12H18. The van der Waals surface area contributed by atoms with E-state index >= 15 is 0 Å². The van der Waals surface area contributed by atoms with Crippen LogP contribution < -0.4 is 0 Å². The second-order valence-electron chi connectivity index (χ2n) is 3.45. The second kappa shape index (κ2) is 4.97. The van der Waals surface area contributed by atoms with Gasteiger partial charge in [-0.25, -0.2) is 0 Å². The van der Waals surface area contributed by atoms with Crippen molar-refractivity contribution in [2.45, 2.75) is 39.0 Å². The molecule has 1 atom stereocenters. The maximum atomic E-state index is 2.31. The Kier molecular flexibility index (Phi) is 3.86. The first-order valence-electron chi connectivity index (χ1n) is 4.89. The highest BCUT2D eigenvalue weighted by Gasteiger charge is 2.02. The van der Waals surface area contributed by atoms with E-state index in [1.165, 1.54) is 24.8 Å². The van der Waals surface area contributed by atoms with Crippen molar-refractivity contribution in [3.05, 3.63) is 35.9 Å². The van der Waals surface area contributed by atoms with E-state index in [9.17, 15) is 0 Å². The zero-order valence-electron chi connectivity index (χ0n) is 8.09. The van der Waals surface area contributed by atoms with E-state index < -0.39 is 0 Å². The molecule has 0 heteroatoms. The van der Waals surface area contributed by atoms with Crippen LogP contribution in [0.25, 0.3) is 0 Å². The molecule has 0 aliphatic rings. The minimum absolute atomic E-state index is 0.728. The van der Waals surface area contributed by atoms with Crippen molar-refractivity contribution in [2.75, 3.05) is 0 Å². The second-order valence-corrected chi connectivity index (χ2v) is 3.45. The Hall–Kier alpha value is -0.780. The van der Waals surface area contributed by atoms with Gasteiger partial charge in [-0.15, -0.1) is 0 Å². The smallest absolute Gasteiger partial charge is 0.0190 e. The first-order chi connectivity index (χ1) is 5.84. The summed E-state index contributed by atoms with van der Waals surface area (Å²) in [6.07, 6.45) is 3.97. The highest BCUT2D eigenvalue weighted by atomic mass is 14.1. The van der Waals surface area contributed by atoms with Crippen LogP contribution >= 0.6 is 0 Å². The van der Waals surface area contributed by atoms with Gasteiger partial charge in [0.15, 0.2) is 0 Å². The molecule has 1 aromatic rings. The van der Waals surface area contributed by atoms with Crippen LogP contribution in [-0.2, 0) is 0 Å². The van der Waals surface area contributed by atoms with E-state index in [-0.39, 0.29) is 0 Å². The highest BCUT2D eigenvalue weighted by molar-refractivity contribution is 5.18. The molecule has 66 valence electrons. The molecule has 0 unspecified atom stereocenters. The first-order valence-corrected chi connectivity index (χ1v) is 4.89. The van der Waals surface area contributed by atoms with Crippen molar-refractivity contribution in [3.63, 3.8) is 0 Å². The van der Waals surface area contributed by atoms with Gasteiger partial charge in [0, 0.05) is 0 Å². The third-order valence-corrected chi connectivity index (χ3v) is 2.36. The van der Waals surface area contributed by atoms with Crippen LogP contribution in [0.4, 0.5) is 0 Å². The standard InChI is InChI=1S/C12H18/c1-3-4-8-11(2)12-9-6-5-7-10-12/h5-7,9-11H,3-4,8H2,1-2H3/t11-/m1/s1. The van der Waals surface area contributed by atoms with Crippen molar-refractivity contribution in [3.8, 4) is 0 Å². The molecule has 0 radical (unpaired) electrons. The monoisotopic (exact) mass is 162 g/mol. The maximum Gasteiger partial charge on any atom is -0.0190 e. The van der Waals surface area contributed by atoms with Crippen LogP contribution in [0, 0.1) is 0 Å². The van der Waals surface area contributed by atoms with Gasteiger partial charge in [-0.1, -0.05) is 57.0 Å². The molecule has 0 amide bonds. The Labute approximate surface area is 75.6 Å². The van der Waals surface area contributed by atoms with E-state index in [4.69, 9.17) is 0 Å². The average molecular weight is 162 g/mol. The topological polar surface area (TPSA) is 0 Å². The molecule has 1 aromatic carbocycles. The molecule has 0 aliphatic carbocycles. The van der Waals surface area contributed by atoms with Gasteiger partial charge in [0.05, 0.1) is 0 Å². The van der Waals surface area contributed by atoms with Gasteiger partial charge in [-0.05, 0) is 17.9 Å². The summed E-state index contributed by atoms with van der Waals surface area (Å²) in [6.45, 7) is 4.56. The predicted octanol–water partition coefficient (Wildman–Crippen LogP) is 3.98. The fourth-order valence-electron chi connectivity index (χ4n) is 1.46. The van der Waals surface area contributed by atoms with Crippen molar-refractivity contribution in [1.82, 2.24) is 0 Å². The lowest BCUT2D eigenvalue weighted by molar-refractivity contribution is 0.624. The largest absolute Gasteiger partial charge is 0.0654 e. The molecule has 0 aromatic heterocycles.